The molecule has 1 atom stereocenters. The van der Waals surface area contributed by atoms with E-state index in [9.17, 15) is 8.42 Å². The van der Waals surface area contributed by atoms with Crippen LogP contribution in [0.1, 0.15) is 12.8 Å². The lowest BCUT2D eigenvalue weighted by Gasteiger charge is -2.21. The molecule has 0 spiro atoms. The summed E-state index contributed by atoms with van der Waals surface area (Å²) in [5.41, 5.74) is 0. The van der Waals surface area contributed by atoms with E-state index in [1.807, 2.05) is 0 Å². The number of sulfonamides is 1. The second-order valence-corrected chi connectivity index (χ2v) is 5.60. The molecule has 6 heteroatoms. The first kappa shape index (κ1) is 11.5. The lowest BCUT2D eigenvalue weighted by Crippen LogP contribution is -2.37. The van der Waals surface area contributed by atoms with Gasteiger partial charge in [0.2, 0.25) is 0 Å². The van der Waals surface area contributed by atoms with Gasteiger partial charge in [-0.05, 0) is 25.0 Å². The molecule has 1 N–H and O–H groups in total. The zero-order valence-electron chi connectivity index (χ0n) is 8.78. The van der Waals surface area contributed by atoms with Crippen LogP contribution in [0.15, 0.2) is 29.4 Å². The van der Waals surface area contributed by atoms with Crippen LogP contribution in [-0.2, 0) is 10.0 Å². The monoisotopic (exact) mass is 242 g/mol. The maximum absolute atomic E-state index is 12.2. The average molecular weight is 242 g/mol. The van der Waals surface area contributed by atoms with Gasteiger partial charge in [-0.15, -0.1) is 0 Å². The van der Waals surface area contributed by atoms with E-state index in [0.29, 0.717) is 13.0 Å². The Labute approximate surface area is 94.8 Å². The van der Waals surface area contributed by atoms with Gasteiger partial charge < -0.3 is 5.11 Å². The van der Waals surface area contributed by atoms with Crippen molar-refractivity contribution in [3.63, 3.8) is 0 Å². The minimum atomic E-state index is -3.54. The number of pyridine rings is 1. The fourth-order valence-corrected chi connectivity index (χ4v) is 3.55. The first-order chi connectivity index (χ1) is 7.66. The van der Waals surface area contributed by atoms with E-state index in [1.165, 1.54) is 16.6 Å². The molecule has 5 nitrogen and oxygen atoms in total. The van der Waals surface area contributed by atoms with E-state index in [-0.39, 0.29) is 17.7 Å². The molecule has 1 aliphatic heterocycles. The smallest absolute Gasteiger partial charge is 0.260 e. The normalized spacial score (nSPS) is 22.4. The van der Waals surface area contributed by atoms with Crippen molar-refractivity contribution in [2.45, 2.75) is 23.9 Å². The molecule has 0 radical (unpaired) electrons. The van der Waals surface area contributed by atoms with E-state index < -0.39 is 10.0 Å². The van der Waals surface area contributed by atoms with Gasteiger partial charge in [0.1, 0.15) is 0 Å². The Morgan fingerprint density at radius 2 is 2.31 bits per heavy atom. The van der Waals surface area contributed by atoms with Crippen molar-refractivity contribution in [2.75, 3.05) is 13.2 Å². The van der Waals surface area contributed by atoms with Crippen LogP contribution >= 0.6 is 0 Å². The molecule has 16 heavy (non-hydrogen) atoms. The van der Waals surface area contributed by atoms with E-state index in [4.69, 9.17) is 5.11 Å². The number of hydrogen-bond acceptors (Lipinski definition) is 4. The van der Waals surface area contributed by atoms with Gasteiger partial charge in [-0.3, -0.25) is 0 Å². The predicted molar refractivity (Wildman–Crippen MR) is 58.2 cm³/mol. The van der Waals surface area contributed by atoms with Crippen LogP contribution in [0.4, 0.5) is 0 Å². The van der Waals surface area contributed by atoms with Gasteiger partial charge in [-0.2, -0.15) is 4.31 Å². The highest BCUT2D eigenvalue weighted by Crippen LogP contribution is 2.24. The minimum absolute atomic E-state index is 0.0513. The fourth-order valence-electron chi connectivity index (χ4n) is 1.93. The van der Waals surface area contributed by atoms with E-state index in [2.05, 4.69) is 4.98 Å². The molecular formula is C10H14N2O3S. The van der Waals surface area contributed by atoms with E-state index in [0.717, 1.165) is 6.42 Å². The summed E-state index contributed by atoms with van der Waals surface area (Å²) < 4.78 is 25.7. The summed E-state index contributed by atoms with van der Waals surface area (Å²) in [5, 5.41) is 9.17. The van der Waals surface area contributed by atoms with Crippen molar-refractivity contribution in [3.8, 4) is 0 Å². The van der Waals surface area contributed by atoms with Crippen molar-refractivity contribution in [3.05, 3.63) is 24.4 Å². The van der Waals surface area contributed by atoms with Crippen LogP contribution in [0.2, 0.25) is 0 Å². The SMILES string of the molecule is O=S(=O)(c1ccccn1)N1CCC[C@@H]1CO. The molecule has 0 saturated carbocycles. The van der Waals surface area contributed by atoms with Crippen molar-refractivity contribution in [1.82, 2.24) is 9.29 Å². The quantitative estimate of drug-likeness (QED) is 0.823. The molecule has 0 aromatic carbocycles. The zero-order valence-corrected chi connectivity index (χ0v) is 9.60. The van der Waals surface area contributed by atoms with Crippen molar-refractivity contribution in [2.24, 2.45) is 0 Å². The average Bonchev–Trinajstić information content (AvgIpc) is 2.79. The second kappa shape index (κ2) is 4.48. The summed E-state index contributed by atoms with van der Waals surface area (Å²) in [6, 6.07) is 4.49. The molecule has 2 rings (SSSR count). The molecular weight excluding hydrogens is 228 g/mol. The summed E-state index contributed by atoms with van der Waals surface area (Å²) in [4.78, 5) is 3.85. The minimum Gasteiger partial charge on any atom is -0.395 e. The van der Waals surface area contributed by atoms with Gasteiger partial charge in [-0.25, -0.2) is 13.4 Å². The number of nitrogens with zero attached hydrogens (tertiary/aromatic N) is 2. The van der Waals surface area contributed by atoms with Gasteiger partial charge in [0, 0.05) is 18.8 Å². The summed E-state index contributed by atoms with van der Waals surface area (Å²) in [6.45, 7) is 0.330. The molecule has 0 aliphatic carbocycles. The van der Waals surface area contributed by atoms with Gasteiger partial charge in [0.15, 0.2) is 5.03 Å². The van der Waals surface area contributed by atoms with Gasteiger partial charge in [0.05, 0.1) is 6.61 Å². The molecule has 0 amide bonds. The maximum atomic E-state index is 12.2. The molecule has 88 valence electrons. The number of aliphatic hydroxyl groups excluding tert-OH is 1. The number of rotatable bonds is 3. The van der Waals surface area contributed by atoms with Crippen LogP contribution < -0.4 is 0 Å². The van der Waals surface area contributed by atoms with Crippen LogP contribution in [0.3, 0.4) is 0 Å². The summed E-state index contributed by atoms with van der Waals surface area (Å²) in [6.07, 6.45) is 2.96. The van der Waals surface area contributed by atoms with Gasteiger partial charge in [0.25, 0.3) is 10.0 Å². The van der Waals surface area contributed by atoms with Crippen LogP contribution in [0, 0.1) is 0 Å². The van der Waals surface area contributed by atoms with Crippen LogP contribution in [0.25, 0.3) is 0 Å². The third kappa shape index (κ3) is 1.95. The van der Waals surface area contributed by atoms with E-state index >= 15 is 0 Å². The molecule has 0 bridgehead atoms. The molecule has 0 unspecified atom stereocenters. The second-order valence-electron chi connectivity index (χ2n) is 3.76. The highest BCUT2D eigenvalue weighted by atomic mass is 32.2. The third-order valence-corrected chi connectivity index (χ3v) is 4.61. The molecule has 2 heterocycles. The molecule has 1 saturated heterocycles. The van der Waals surface area contributed by atoms with Gasteiger partial charge >= 0.3 is 0 Å². The van der Waals surface area contributed by atoms with Crippen molar-refractivity contribution in [1.29, 1.82) is 0 Å². The predicted octanol–water partition coefficient (Wildman–Crippen LogP) is 0.227. The van der Waals surface area contributed by atoms with Crippen molar-refractivity contribution < 1.29 is 13.5 Å². The number of aromatic nitrogens is 1. The first-order valence-electron chi connectivity index (χ1n) is 5.20. The van der Waals surface area contributed by atoms with Crippen molar-refractivity contribution >= 4 is 10.0 Å². The lowest BCUT2D eigenvalue weighted by atomic mass is 10.2. The van der Waals surface area contributed by atoms with Crippen LogP contribution in [0.5, 0.6) is 0 Å². The Morgan fingerprint density at radius 1 is 1.50 bits per heavy atom. The molecule has 1 aliphatic rings. The highest BCUT2D eigenvalue weighted by molar-refractivity contribution is 7.89. The van der Waals surface area contributed by atoms with Gasteiger partial charge in [-0.1, -0.05) is 6.07 Å². The Balaban J connectivity index is 2.33. The number of hydrogen-bond donors (Lipinski definition) is 1. The molecule has 1 fully saturated rings. The largest absolute Gasteiger partial charge is 0.395 e. The van der Waals surface area contributed by atoms with Crippen LogP contribution in [-0.4, -0.2) is 42.0 Å². The summed E-state index contributed by atoms with van der Waals surface area (Å²) >= 11 is 0. The zero-order chi connectivity index (χ0) is 11.6. The fraction of sp³-hybridized carbons (Fsp3) is 0.500. The summed E-state index contributed by atoms with van der Waals surface area (Å²) in [5.74, 6) is 0. The van der Waals surface area contributed by atoms with E-state index in [1.54, 1.807) is 12.1 Å². The molecule has 1 aromatic rings. The highest BCUT2D eigenvalue weighted by Gasteiger charge is 2.35. The first-order valence-corrected chi connectivity index (χ1v) is 6.64. The Hall–Kier alpha value is -0.980. The third-order valence-electron chi connectivity index (χ3n) is 2.74. The Morgan fingerprint density at radius 3 is 2.94 bits per heavy atom. The number of aliphatic hydroxyl groups is 1. The molecule has 1 aromatic heterocycles. The maximum Gasteiger partial charge on any atom is 0.260 e. The topological polar surface area (TPSA) is 70.5 Å². The Bertz CT molecular complexity index is 446. The summed E-state index contributed by atoms with van der Waals surface area (Å²) in [7, 11) is -3.54. The lowest BCUT2D eigenvalue weighted by molar-refractivity contribution is 0.213. The standard InChI is InChI=1S/C10H14N2O3S/c13-8-9-4-3-7-12(9)16(14,15)10-5-1-2-6-11-10/h1-2,5-6,9,13H,3-4,7-8H2/t9-/m1/s1. The Kier molecular flexibility index (Phi) is 3.22.